The number of nitrogens with zero attached hydrogens (tertiary/aromatic N) is 1. The van der Waals surface area contributed by atoms with Crippen LogP contribution in [-0.4, -0.2) is 84.2 Å². The Morgan fingerprint density at radius 3 is 1.59 bits per heavy atom. The SMILES string of the molecule is CCCCC(CC)C(=O)O.CCCCC(CC)CO.CCN(CC)CCO.CCOC(=O)c1ccccc1.CCOC(C)=O. The zero-order chi connectivity index (χ0) is 34.6. The third-order valence-corrected chi connectivity index (χ3v) is 6.49. The first-order valence-corrected chi connectivity index (χ1v) is 16.6. The molecule has 2 atom stereocenters. The molecule has 0 aliphatic rings. The van der Waals surface area contributed by atoms with Gasteiger partial charge in [-0.1, -0.05) is 91.8 Å². The number of aliphatic carboxylic acids is 1. The molecule has 0 amide bonds. The maximum absolute atomic E-state index is 11.0. The molecule has 9 nitrogen and oxygen atoms in total. The predicted octanol–water partition coefficient (Wildman–Crippen LogP) is 7.24. The van der Waals surface area contributed by atoms with E-state index in [0.717, 1.165) is 51.7 Å². The van der Waals surface area contributed by atoms with E-state index in [-0.39, 0.29) is 24.5 Å². The number of rotatable bonds is 17. The normalized spacial score (nSPS) is 11.0. The number of aliphatic hydroxyl groups is 2. The first-order valence-electron chi connectivity index (χ1n) is 16.6. The number of hydrogen-bond donors (Lipinski definition) is 3. The summed E-state index contributed by atoms with van der Waals surface area (Å²) in [5.41, 5.74) is 0.606. The Hall–Kier alpha value is -2.49. The molecule has 3 N–H and O–H groups in total. The van der Waals surface area contributed by atoms with E-state index in [4.69, 9.17) is 20.1 Å². The van der Waals surface area contributed by atoms with Crippen molar-refractivity contribution >= 4 is 17.9 Å². The van der Waals surface area contributed by atoms with Gasteiger partial charge in [0.05, 0.1) is 31.3 Å². The highest BCUT2D eigenvalue weighted by molar-refractivity contribution is 5.89. The van der Waals surface area contributed by atoms with Gasteiger partial charge in [-0.05, 0) is 64.3 Å². The Balaban J connectivity index is -0.000000231. The van der Waals surface area contributed by atoms with Crippen LogP contribution in [0.1, 0.15) is 124 Å². The largest absolute Gasteiger partial charge is 0.481 e. The summed E-state index contributed by atoms with van der Waals surface area (Å²) in [5, 5.41) is 25.8. The van der Waals surface area contributed by atoms with E-state index in [1.807, 2.05) is 25.1 Å². The number of carbonyl (C=O) groups is 3. The second-order valence-corrected chi connectivity index (χ2v) is 9.95. The minimum atomic E-state index is -0.643. The number of hydrogen-bond acceptors (Lipinski definition) is 8. The van der Waals surface area contributed by atoms with Gasteiger partial charge in [0.25, 0.3) is 0 Å². The lowest BCUT2D eigenvalue weighted by Crippen LogP contribution is -2.25. The van der Waals surface area contributed by atoms with E-state index in [2.05, 4.69) is 44.3 Å². The third kappa shape index (κ3) is 35.7. The van der Waals surface area contributed by atoms with Crippen molar-refractivity contribution in [2.24, 2.45) is 11.8 Å². The van der Waals surface area contributed by atoms with Crippen molar-refractivity contribution in [2.75, 3.05) is 46.1 Å². The fourth-order valence-corrected chi connectivity index (χ4v) is 3.54. The van der Waals surface area contributed by atoms with Gasteiger partial charge in [0.15, 0.2) is 0 Å². The topological polar surface area (TPSA) is 134 Å². The van der Waals surface area contributed by atoms with Gasteiger partial charge in [-0.3, -0.25) is 9.59 Å². The lowest BCUT2D eigenvalue weighted by molar-refractivity contribution is -0.142. The number of unbranched alkanes of at least 4 members (excludes halogenated alkanes) is 2. The number of benzene rings is 1. The summed E-state index contributed by atoms with van der Waals surface area (Å²) >= 11 is 0. The summed E-state index contributed by atoms with van der Waals surface area (Å²) in [6.07, 6.45) is 8.54. The van der Waals surface area contributed by atoms with E-state index in [0.29, 0.717) is 31.3 Å². The van der Waals surface area contributed by atoms with E-state index in [1.165, 1.54) is 26.2 Å². The molecular formula is C35H67NO8. The van der Waals surface area contributed by atoms with Gasteiger partial charge in [-0.15, -0.1) is 0 Å². The van der Waals surface area contributed by atoms with Crippen LogP contribution in [0, 0.1) is 11.8 Å². The molecule has 0 bridgehead atoms. The first kappa shape index (κ1) is 48.4. The monoisotopic (exact) mass is 629 g/mol. The van der Waals surface area contributed by atoms with Crippen LogP contribution in [0.5, 0.6) is 0 Å². The molecule has 0 fully saturated rings. The van der Waals surface area contributed by atoms with Crippen LogP contribution in [0.3, 0.4) is 0 Å². The quantitative estimate of drug-likeness (QED) is 0.153. The summed E-state index contributed by atoms with van der Waals surface area (Å²) in [7, 11) is 0. The molecule has 0 spiro atoms. The molecule has 1 aromatic rings. The fourth-order valence-electron chi connectivity index (χ4n) is 3.54. The summed E-state index contributed by atoms with van der Waals surface area (Å²) in [5.74, 6) is -0.661. The third-order valence-electron chi connectivity index (χ3n) is 6.49. The summed E-state index contributed by atoms with van der Waals surface area (Å²) < 4.78 is 9.19. The fraction of sp³-hybridized carbons (Fsp3) is 0.743. The van der Waals surface area contributed by atoms with Gasteiger partial charge < -0.3 is 29.7 Å². The van der Waals surface area contributed by atoms with Crippen LogP contribution < -0.4 is 0 Å². The van der Waals surface area contributed by atoms with Crippen molar-refractivity contribution in [3.05, 3.63) is 35.9 Å². The van der Waals surface area contributed by atoms with Crippen molar-refractivity contribution in [3.63, 3.8) is 0 Å². The van der Waals surface area contributed by atoms with Crippen molar-refractivity contribution in [1.82, 2.24) is 4.90 Å². The number of esters is 2. The van der Waals surface area contributed by atoms with E-state index in [1.54, 1.807) is 26.0 Å². The Kier molecular flexibility index (Phi) is 42.4. The summed E-state index contributed by atoms with van der Waals surface area (Å²) in [6.45, 7) is 21.9. The highest BCUT2D eigenvalue weighted by Gasteiger charge is 2.12. The molecule has 9 heteroatoms. The molecule has 1 rings (SSSR count). The number of carbonyl (C=O) groups excluding carboxylic acids is 2. The molecule has 2 unspecified atom stereocenters. The highest BCUT2D eigenvalue weighted by atomic mass is 16.5. The molecule has 0 radical (unpaired) electrons. The standard InChI is InChI=1S/C9H10O2.C8H16O2.C8H18O.C6H15NO.C4H8O2/c1-2-11-9(10)8-6-4-3-5-7-8;1-3-5-6-7(4-2)8(9)10;1-3-5-6-8(4-2)7-9;1-3-7(4-2)5-6-8;1-3-6-4(2)5/h3-7H,2H2,1H3;7H,3-6H2,1-2H3,(H,9,10);8-9H,3-7H2,1-2H3;8H,3-6H2,1-2H3;3H2,1-2H3. The second kappa shape index (κ2) is 38.5. The highest BCUT2D eigenvalue weighted by Crippen LogP contribution is 2.12. The molecule has 0 saturated heterocycles. The smallest absolute Gasteiger partial charge is 0.338 e. The summed E-state index contributed by atoms with van der Waals surface area (Å²) in [4.78, 5) is 33.5. The van der Waals surface area contributed by atoms with Crippen LogP contribution in [0.2, 0.25) is 0 Å². The maximum atomic E-state index is 11.0. The van der Waals surface area contributed by atoms with Gasteiger partial charge in [-0.25, -0.2) is 4.79 Å². The van der Waals surface area contributed by atoms with Gasteiger partial charge in [-0.2, -0.15) is 0 Å². The van der Waals surface area contributed by atoms with Gasteiger partial charge >= 0.3 is 17.9 Å². The zero-order valence-electron chi connectivity index (χ0n) is 29.5. The Morgan fingerprint density at radius 2 is 1.30 bits per heavy atom. The number of ether oxygens (including phenoxy) is 2. The molecule has 0 aliphatic heterocycles. The molecule has 0 heterocycles. The number of carboxylic acids is 1. The van der Waals surface area contributed by atoms with Crippen molar-refractivity contribution in [1.29, 1.82) is 0 Å². The predicted molar refractivity (Wildman–Crippen MR) is 181 cm³/mol. The molecule has 260 valence electrons. The van der Waals surface area contributed by atoms with Crippen molar-refractivity contribution in [3.8, 4) is 0 Å². The van der Waals surface area contributed by atoms with Gasteiger partial charge in [0, 0.05) is 20.1 Å². The van der Waals surface area contributed by atoms with Crippen LogP contribution in [0.15, 0.2) is 30.3 Å². The molecule has 44 heavy (non-hydrogen) atoms. The minimum absolute atomic E-state index is 0.111. The Morgan fingerprint density at radius 1 is 0.773 bits per heavy atom. The lowest BCUT2D eigenvalue weighted by atomic mass is 10.00. The zero-order valence-corrected chi connectivity index (χ0v) is 29.5. The van der Waals surface area contributed by atoms with Crippen LogP contribution in [0.25, 0.3) is 0 Å². The van der Waals surface area contributed by atoms with Gasteiger partial charge in [0.1, 0.15) is 0 Å². The summed E-state index contributed by atoms with van der Waals surface area (Å²) in [6, 6.07) is 8.96. The average molecular weight is 630 g/mol. The average Bonchev–Trinajstić information content (AvgIpc) is 3.02. The Labute approximate surface area is 269 Å². The van der Waals surface area contributed by atoms with E-state index in [9.17, 15) is 14.4 Å². The molecule has 0 aromatic heterocycles. The number of likely N-dealkylation sites (N-methyl/N-ethyl adjacent to an activating group) is 1. The Bertz CT molecular complexity index is 738. The first-order chi connectivity index (χ1) is 21.0. The van der Waals surface area contributed by atoms with Crippen LogP contribution >= 0.6 is 0 Å². The van der Waals surface area contributed by atoms with E-state index < -0.39 is 5.97 Å². The molecule has 0 aliphatic carbocycles. The number of carboxylic acid groups (broad SMARTS) is 1. The second-order valence-electron chi connectivity index (χ2n) is 9.95. The maximum Gasteiger partial charge on any atom is 0.338 e. The van der Waals surface area contributed by atoms with Crippen molar-refractivity contribution < 1.29 is 39.2 Å². The van der Waals surface area contributed by atoms with E-state index >= 15 is 0 Å². The molecule has 0 saturated carbocycles. The molecular weight excluding hydrogens is 562 g/mol. The van der Waals surface area contributed by atoms with Crippen molar-refractivity contribution in [2.45, 2.75) is 114 Å². The minimum Gasteiger partial charge on any atom is -0.481 e. The lowest BCUT2D eigenvalue weighted by Gasteiger charge is -2.15. The van der Waals surface area contributed by atoms with Crippen LogP contribution in [-0.2, 0) is 19.1 Å². The molecule has 1 aromatic carbocycles. The number of aliphatic hydroxyl groups excluding tert-OH is 2. The van der Waals surface area contributed by atoms with Crippen LogP contribution in [0.4, 0.5) is 0 Å². The van der Waals surface area contributed by atoms with Gasteiger partial charge in [0.2, 0.25) is 0 Å².